The molecule has 1 saturated heterocycles. The predicted molar refractivity (Wildman–Crippen MR) is 135 cm³/mol. The number of nitrogens with zero attached hydrogens (tertiary/aromatic N) is 3. The van der Waals surface area contributed by atoms with Crippen molar-refractivity contribution < 1.29 is 14.3 Å². The summed E-state index contributed by atoms with van der Waals surface area (Å²) in [6, 6.07) is 12.0. The van der Waals surface area contributed by atoms with Crippen LogP contribution in [-0.4, -0.2) is 48.1 Å². The first-order valence-electron chi connectivity index (χ1n) is 11.8. The van der Waals surface area contributed by atoms with Gasteiger partial charge in [0.25, 0.3) is 5.91 Å². The number of para-hydroxylation sites is 1. The molecular formula is C26H30N6O3. The Bertz CT molecular complexity index is 1240. The number of rotatable bonds is 7. The van der Waals surface area contributed by atoms with Gasteiger partial charge in [-0.25, -0.2) is 4.98 Å². The standard InChI is InChI=1S/C26H30N6O3/c1-32-10-9-16-13-23(34-2)21(12-17(16)15-32)30-26-28-14-19(24(27)33)25(31-26)29-20-7-4-3-6-18(20)22-8-5-11-35-22/h3-4,6-7,12-14,22H,5,8-11,15H2,1-2H3,(H2,27,33)(H2,28,29,30,31). The van der Waals surface area contributed by atoms with Crippen LogP contribution in [-0.2, 0) is 17.7 Å². The Kier molecular flexibility index (Phi) is 6.52. The zero-order valence-electron chi connectivity index (χ0n) is 20.0. The molecular weight excluding hydrogens is 444 g/mol. The van der Waals surface area contributed by atoms with Crippen molar-refractivity contribution in [3.63, 3.8) is 0 Å². The normalized spacial score (nSPS) is 17.6. The Morgan fingerprint density at radius 3 is 2.83 bits per heavy atom. The van der Waals surface area contributed by atoms with Crippen LogP contribution in [0.4, 0.5) is 23.1 Å². The van der Waals surface area contributed by atoms with Crippen LogP contribution >= 0.6 is 0 Å². The molecule has 9 heteroatoms. The number of likely N-dealkylation sites (N-methyl/N-ethyl adjacent to an activating group) is 1. The van der Waals surface area contributed by atoms with E-state index in [9.17, 15) is 4.79 Å². The number of anilines is 4. The van der Waals surface area contributed by atoms with Crippen LogP contribution in [0.1, 0.15) is 46.0 Å². The van der Waals surface area contributed by atoms with Gasteiger partial charge in [-0.1, -0.05) is 18.2 Å². The molecule has 0 bridgehead atoms. The summed E-state index contributed by atoms with van der Waals surface area (Å²) in [5.41, 5.74) is 11.0. The minimum absolute atomic E-state index is 0.00745. The van der Waals surface area contributed by atoms with E-state index in [-0.39, 0.29) is 11.7 Å². The number of amides is 1. The summed E-state index contributed by atoms with van der Waals surface area (Å²) in [6.45, 7) is 2.62. The van der Waals surface area contributed by atoms with E-state index in [2.05, 4.69) is 44.7 Å². The first kappa shape index (κ1) is 23.1. The average molecular weight is 475 g/mol. The number of hydrogen-bond acceptors (Lipinski definition) is 8. The average Bonchev–Trinajstić information content (AvgIpc) is 3.39. The SMILES string of the molecule is COc1cc2c(cc1Nc1ncc(C(N)=O)c(Nc3ccccc3C3CCCO3)n1)CN(C)CC2. The van der Waals surface area contributed by atoms with Crippen LogP contribution in [0.2, 0.25) is 0 Å². The fraction of sp³-hybridized carbons (Fsp3) is 0.346. The van der Waals surface area contributed by atoms with E-state index in [4.69, 9.17) is 15.2 Å². The van der Waals surface area contributed by atoms with Gasteiger partial charge in [-0.2, -0.15) is 4.98 Å². The molecule has 2 aliphatic heterocycles. The van der Waals surface area contributed by atoms with Gasteiger partial charge in [-0.3, -0.25) is 4.79 Å². The number of methoxy groups -OCH3 is 1. The lowest BCUT2D eigenvalue weighted by atomic mass is 9.99. The van der Waals surface area contributed by atoms with E-state index >= 15 is 0 Å². The number of nitrogens with two attached hydrogens (primary N) is 1. The summed E-state index contributed by atoms with van der Waals surface area (Å²) in [5.74, 6) is 0.767. The summed E-state index contributed by atoms with van der Waals surface area (Å²) in [5, 5.41) is 6.57. The molecule has 9 nitrogen and oxygen atoms in total. The third kappa shape index (κ3) is 4.91. The Morgan fingerprint density at radius 1 is 1.20 bits per heavy atom. The molecule has 1 unspecified atom stereocenters. The predicted octanol–water partition coefficient (Wildman–Crippen LogP) is 3.91. The molecule has 1 aromatic heterocycles. The van der Waals surface area contributed by atoms with Gasteiger partial charge in [0.2, 0.25) is 5.95 Å². The van der Waals surface area contributed by atoms with Crippen molar-refractivity contribution in [2.75, 3.05) is 37.9 Å². The molecule has 5 rings (SSSR count). The van der Waals surface area contributed by atoms with Crippen molar-refractivity contribution >= 4 is 29.0 Å². The smallest absolute Gasteiger partial charge is 0.254 e. The van der Waals surface area contributed by atoms with Gasteiger partial charge in [0.15, 0.2) is 0 Å². The first-order valence-corrected chi connectivity index (χ1v) is 11.8. The molecule has 0 radical (unpaired) electrons. The Balaban J connectivity index is 1.47. The van der Waals surface area contributed by atoms with Gasteiger partial charge in [-0.15, -0.1) is 0 Å². The highest BCUT2D eigenvalue weighted by atomic mass is 16.5. The van der Waals surface area contributed by atoms with Crippen LogP contribution in [0.25, 0.3) is 0 Å². The molecule has 1 amide bonds. The highest BCUT2D eigenvalue weighted by molar-refractivity contribution is 5.98. The van der Waals surface area contributed by atoms with Crippen molar-refractivity contribution in [1.29, 1.82) is 0 Å². The van der Waals surface area contributed by atoms with Gasteiger partial charge >= 0.3 is 0 Å². The Labute approximate surface area is 204 Å². The molecule has 1 atom stereocenters. The minimum atomic E-state index is -0.608. The zero-order valence-corrected chi connectivity index (χ0v) is 20.0. The zero-order chi connectivity index (χ0) is 24.4. The maximum absolute atomic E-state index is 12.1. The maximum Gasteiger partial charge on any atom is 0.254 e. The second-order valence-electron chi connectivity index (χ2n) is 8.97. The largest absolute Gasteiger partial charge is 0.495 e. The summed E-state index contributed by atoms with van der Waals surface area (Å²) in [4.78, 5) is 23.4. The van der Waals surface area contributed by atoms with Crippen LogP contribution in [0.3, 0.4) is 0 Å². The van der Waals surface area contributed by atoms with E-state index in [1.165, 1.54) is 17.3 Å². The summed E-state index contributed by atoms with van der Waals surface area (Å²) >= 11 is 0. The van der Waals surface area contributed by atoms with Gasteiger partial charge in [-0.05, 0) is 55.6 Å². The van der Waals surface area contributed by atoms with Crippen LogP contribution in [0.5, 0.6) is 5.75 Å². The maximum atomic E-state index is 12.1. The second kappa shape index (κ2) is 9.89. The van der Waals surface area contributed by atoms with E-state index < -0.39 is 5.91 Å². The molecule has 0 spiro atoms. The van der Waals surface area contributed by atoms with Gasteiger partial charge in [0.1, 0.15) is 17.1 Å². The highest BCUT2D eigenvalue weighted by Gasteiger charge is 2.22. The molecule has 35 heavy (non-hydrogen) atoms. The van der Waals surface area contributed by atoms with E-state index in [0.717, 1.165) is 55.9 Å². The fourth-order valence-corrected chi connectivity index (χ4v) is 4.67. The third-order valence-corrected chi connectivity index (χ3v) is 6.52. The number of carbonyl (C=O) groups is 1. The van der Waals surface area contributed by atoms with Crippen LogP contribution in [0.15, 0.2) is 42.6 Å². The van der Waals surface area contributed by atoms with E-state index in [1.54, 1.807) is 7.11 Å². The molecule has 0 saturated carbocycles. The third-order valence-electron chi connectivity index (χ3n) is 6.52. The highest BCUT2D eigenvalue weighted by Crippen LogP contribution is 2.36. The van der Waals surface area contributed by atoms with Gasteiger partial charge in [0.05, 0.1) is 18.9 Å². The lowest BCUT2D eigenvalue weighted by Crippen LogP contribution is -2.26. The molecule has 2 aliphatic rings. The first-order chi connectivity index (χ1) is 17.0. The van der Waals surface area contributed by atoms with E-state index in [1.807, 2.05) is 24.3 Å². The Morgan fingerprint density at radius 2 is 2.06 bits per heavy atom. The van der Waals surface area contributed by atoms with Crippen molar-refractivity contribution in [1.82, 2.24) is 14.9 Å². The van der Waals surface area contributed by atoms with E-state index in [0.29, 0.717) is 17.5 Å². The van der Waals surface area contributed by atoms with Gasteiger partial charge < -0.3 is 30.7 Å². The topological polar surface area (TPSA) is 115 Å². The minimum Gasteiger partial charge on any atom is -0.495 e. The molecule has 1 fully saturated rings. The molecule has 2 aromatic carbocycles. The summed E-state index contributed by atoms with van der Waals surface area (Å²) < 4.78 is 11.5. The summed E-state index contributed by atoms with van der Waals surface area (Å²) in [7, 11) is 3.76. The lowest BCUT2D eigenvalue weighted by Gasteiger charge is -2.26. The second-order valence-corrected chi connectivity index (χ2v) is 8.97. The monoisotopic (exact) mass is 474 g/mol. The van der Waals surface area contributed by atoms with Crippen molar-refractivity contribution in [2.24, 2.45) is 5.73 Å². The molecule has 182 valence electrons. The molecule has 3 aromatic rings. The fourth-order valence-electron chi connectivity index (χ4n) is 4.67. The van der Waals surface area contributed by atoms with Crippen LogP contribution in [0, 0.1) is 0 Å². The summed E-state index contributed by atoms with van der Waals surface area (Å²) in [6.07, 6.45) is 4.39. The van der Waals surface area contributed by atoms with Crippen molar-refractivity contribution in [3.05, 3.63) is 64.8 Å². The molecule has 4 N–H and O–H groups in total. The lowest BCUT2D eigenvalue weighted by molar-refractivity contribution is 0.100. The number of nitrogens with one attached hydrogen (secondary N) is 2. The van der Waals surface area contributed by atoms with Gasteiger partial charge in [0, 0.05) is 37.1 Å². The molecule has 0 aliphatic carbocycles. The van der Waals surface area contributed by atoms with Crippen LogP contribution < -0.4 is 21.1 Å². The number of benzene rings is 2. The van der Waals surface area contributed by atoms with Crippen molar-refractivity contribution in [2.45, 2.75) is 31.9 Å². The van der Waals surface area contributed by atoms with Crippen molar-refractivity contribution in [3.8, 4) is 5.75 Å². The quantitative estimate of drug-likeness (QED) is 0.472. The molecule has 3 heterocycles. The number of hydrogen-bond donors (Lipinski definition) is 3. The number of fused-ring (bicyclic) bond motifs is 1. The number of primary amides is 1. The Hall–Kier alpha value is -3.69. The number of ether oxygens (including phenoxy) is 2. The number of carbonyl (C=O) groups excluding carboxylic acids is 1. The number of aromatic nitrogens is 2.